The molecule has 1 aliphatic rings. The molecule has 0 spiro atoms. The lowest BCUT2D eigenvalue weighted by Gasteiger charge is -2.25. The van der Waals surface area contributed by atoms with Gasteiger partial charge in [0, 0.05) is 0 Å². The smallest absolute Gasteiger partial charge is 0.0718 e. The lowest BCUT2D eigenvalue weighted by atomic mass is 9.91. The third-order valence-corrected chi connectivity index (χ3v) is 2.38. The van der Waals surface area contributed by atoms with Crippen LogP contribution in [0.5, 0.6) is 0 Å². The van der Waals surface area contributed by atoms with E-state index in [1.165, 1.54) is 25.7 Å². The molecule has 1 unspecified atom stereocenters. The summed E-state index contributed by atoms with van der Waals surface area (Å²) in [4.78, 5) is 8.89. The summed E-state index contributed by atoms with van der Waals surface area (Å²) in [6.07, 6.45) is 8.89. The summed E-state index contributed by atoms with van der Waals surface area (Å²) in [6, 6.07) is 0.917. The number of aliphatic imine (C=N–C) groups is 2. The second-order valence-corrected chi connectivity index (χ2v) is 3.23. The zero-order chi connectivity index (χ0) is 8.81. The van der Waals surface area contributed by atoms with Crippen molar-refractivity contribution < 1.29 is 0 Å². The Morgan fingerprint density at radius 1 is 0.917 bits per heavy atom. The largest absolute Gasteiger partial charge is 0.292 e. The molecule has 0 aliphatic heterocycles. The third-order valence-electron chi connectivity index (χ3n) is 2.38. The Kier molecular flexibility index (Phi) is 3.98. The van der Waals surface area contributed by atoms with Gasteiger partial charge >= 0.3 is 0 Å². The van der Waals surface area contributed by atoms with Crippen LogP contribution in [0.4, 0.5) is 0 Å². The maximum atomic E-state index is 4.44. The van der Waals surface area contributed by atoms with Gasteiger partial charge in [-0.3, -0.25) is 9.98 Å². The minimum atomic E-state index is 0.458. The van der Waals surface area contributed by atoms with Crippen molar-refractivity contribution in [1.82, 2.24) is 0 Å². The molecular weight excluding hydrogens is 148 g/mol. The summed E-state index contributed by atoms with van der Waals surface area (Å²) in [5.41, 5.74) is 0. The lowest BCUT2D eigenvalue weighted by molar-refractivity contribution is 0.390. The SMILES string of the molecule is C/C=N/C1CCCC[C@@H]1/N=C/C. The van der Waals surface area contributed by atoms with E-state index in [0.717, 1.165) is 0 Å². The normalized spacial score (nSPS) is 31.8. The number of nitrogens with zero attached hydrogens (tertiary/aromatic N) is 2. The fourth-order valence-corrected chi connectivity index (χ4v) is 1.82. The van der Waals surface area contributed by atoms with Crippen molar-refractivity contribution in [1.29, 1.82) is 0 Å². The first-order chi connectivity index (χ1) is 5.88. The average molecular weight is 166 g/mol. The molecule has 12 heavy (non-hydrogen) atoms. The highest BCUT2D eigenvalue weighted by Crippen LogP contribution is 2.23. The van der Waals surface area contributed by atoms with E-state index in [2.05, 4.69) is 9.98 Å². The molecule has 1 aliphatic carbocycles. The minimum absolute atomic E-state index is 0.458. The molecule has 0 radical (unpaired) electrons. The first-order valence-electron chi connectivity index (χ1n) is 4.84. The second-order valence-electron chi connectivity index (χ2n) is 3.23. The Labute approximate surface area is 74.8 Å². The fourth-order valence-electron chi connectivity index (χ4n) is 1.82. The second kappa shape index (κ2) is 5.07. The van der Waals surface area contributed by atoms with E-state index in [1.807, 2.05) is 26.3 Å². The summed E-state index contributed by atoms with van der Waals surface area (Å²) in [5.74, 6) is 0. The van der Waals surface area contributed by atoms with Gasteiger partial charge in [-0.1, -0.05) is 12.8 Å². The molecule has 68 valence electrons. The maximum absolute atomic E-state index is 4.44. The predicted octanol–water partition coefficient (Wildman–Crippen LogP) is 2.48. The number of rotatable bonds is 2. The van der Waals surface area contributed by atoms with Gasteiger partial charge in [0.05, 0.1) is 12.1 Å². The zero-order valence-corrected chi connectivity index (χ0v) is 8.03. The van der Waals surface area contributed by atoms with Gasteiger partial charge in [0.15, 0.2) is 0 Å². The quantitative estimate of drug-likeness (QED) is 0.563. The van der Waals surface area contributed by atoms with Crippen LogP contribution in [-0.2, 0) is 0 Å². The van der Waals surface area contributed by atoms with Gasteiger partial charge in [0.25, 0.3) is 0 Å². The molecule has 0 amide bonds. The van der Waals surface area contributed by atoms with Crippen LogP contribution < -0.4 is 0 Å². The summed E-state index contributed by atoms with van der Waals surface area (Å²) >= 11 is 0. The van der Waals surface area contributed by atoms with E-state index in [1.54, 1.807) is 0 Å². The highest BCUT2D eigenvalue weighted by atomic mass is 14.9. The van der Waals surface area contributed by atoms with E-state index in [9.17, 15) is 0 Å². The Morgan fingerprint density at radius 3 is 1.67 bits per heavy atom. The molecule has 0 bridgehead atoms. The van der Waals surface area contributed by atoms with Crippen LogP contribution in [-0.4, -0.2) is 24.5 Å². The third kappa shape index (κ3) is 2.43. The van der Waals surface area contributed by atoms with Crippen LogP contribution >= 0.6 is 0 Å². The van der Waals surface area contributed by atoms with Gasteiger partial charge in [0.1, 0.15) is 0 Å². The molecule has 1 rings (SSSR count). The Hall–Kier alpha value is -0.660. The van der Waals surface area contributed by atoms with E-state index in [4.69, 9.17) is 0 Å². The Morgan fingerprint density at radius 2 is 1.33 bits per heavy atom. The van der Waals surface area contributed by atoms with Gasteiger partial charge in [-0.15, -0.1) is 0 Å². The monoisotopic (exact) mass is 166 g/mol. The molecule has 0 aromatic heterocycles. The molecule has 2 nitrogen and oxygen atoms in total. The van der Waals surface area contributed by atoms with Gasteiger partial charge in [-0.05, 0) is 39.1 Å². The summed E-state index contributed by atoms with van der Waals surface area (Å²) in [5, 5.41) is 0. The van der Waals surface area contributed by atoms with Gasteiger partial charge in [0.2, 0.25) is 0 Å². The van der Waals surface area contributed by atoms with Crippen molar-refractivity contribution in [2.75, 3.05) is 0 Å². The molecule has 2 heteroatoms. The summed E-state index contributed by atoms with van der Waals surface area (Å²) in [7, 11) is 0. The lowest BCUT2D eigenvalue weighted by Crippen LogP contribution is -2.26. The fraction of sp³-hybridized carbons (Fsp3) is 0.800. The highest BCUT2D eigenvalue weighted by Gasteiger charge is 2.22. The molecule has 0 aromatic carbocycles. The standard InChI is InChI=1S/C10H18N2/c1-3-11-9-7-5-6-8-10(9)12-4-2/h3-4,9-10H,5-8H2,1-2H3/b11-3+,12-4+/t9-,10?/m0/s1. The first-order valence-corrected chi connectivity index (χ1v) is 4.84. The minimum Gasteiger partial charge on any atom is -0.292 e. The van der Waals surface area contributed by atoms with E-state index in [-0.39, 0.29) is 0 Å². The molecule has 0 saturated heterocycles. The van der Waals surface area contributed by atoms with E-state index >= 15 is 0 Å². The van der Waals surface area contributed by atoms with E-state index < -0.39 is 0 Å². The van der Waals surface area contributed by atoms with Crippen molar-refractivity contribution in [3.05, 3.63) is 0 Å². The van der Waals surface area contributed by atoms with Crippen LogP contribution in [0.2, 0.25) is 0 Å². The molecule has 1 fully saturated rings. The van der Waals surface area contributed by atoms with Gasteiger partial charge in [-0.25, -0.2) is 0 Å². The highest BCUT2D eigenvalue weighted by molar-refractivity contribution is 5.55. The number of hydrogen-bond donors (Lipinski definition) is 0. The molecule has 1 saturated carbocycles. The van der Waals surface area contributed by atoms with Crippen LogP contribution in [0.3, 0.4) is 0 Å². The molecule has 0 N–H and O–H groups in total. The van der Waals surface area contributed by atoms with Crippen LogP contribution in [0.25, 0.3) is 0 Å². The number of hydrogen-bond acceptors (Lipinski definition) is 2. The average Bonchev–Trinajstić information content (AvgIpc) is 2.09. The van der Waals surface area contributed by atoms with Gasteiger partial charge in [-0.2, -0.15) is 0 Å². The molecule has 0 heterocycles. The van der Waals surface area contributed by atoms with Crippen molar-refractivity contribution in [2.45, 2.75) is 51.6 Å². The first kappa shape index (κ1) is 9.43. The van der Waals surface area contributed by atoms with Crippen molar-refractivity contribution >= 4 is 12.4 Å². The van der Waals surface area contributed by atoms with Gasteiger partial charge < -0.3 is 0 Å². The van der Waals surface area contributed by atoms with Crippen LogP contribution in [0.15, 0.2) is 9.98 Å². The zero-order valence-electron chi connectivity index (χ0n) is 8.03. The van der Waals surface area contributed by atoms with Crippen molar-refractivity contribution in [3.63, 3.8) is 0 Å². The van der Waals surface area contributed by atoms with Crippen LogP contribution in [0.1, 0.15) is 39.5 Å². The molecule has 0 aromatic rings. The Balaban J connectivity index is 2.53. The van der Waals surface area contributed by atoms with Crippen molar-refractivity contribution in [3.8, 4) is 0 Å². The summed E-state index contributed by atoms with van der Waals surface area (Å²) in [6.45, 7) is 3.97. The van der Waals surface area contributed by atoms with Crippen LogP contribution in [0, 0.1) is 0 Å². The molecular formula is C10H18N2. The van der Waals surface area contributed by atoms with E-state index in [0.29, 0.717) is 12.1 Å². The maximum Gasteiger partial charge on any atom is 0.0718 e. The molecule has 2 atom stereocenters. The topological polar surface area (TPSA) is 24.7 Å². The van der Waals surface area contributed by atoms with Crippen molar-refractivity contribution in [2.24, 2.45) is 9.98 Å². The Bertz CT molecular complexity index is 153. The summed E-state index contributed by atoms with van der Waals surface area (Å²) < 4.78 is 0. The predicted molar refractivity (Wildman–Crippen MR) is 54.4 cm³/mol.